The van der Waals surface area contributed by atoms with Crippen LogP contribution < -0.4 is 5.43 Å². The van der Waals surface area contributed by atoms with Gasteiger partial charge in [-0.05, 0) is 12.5 Å². The molecule has 0 amide bonds. The van der Waals surface area contributed by atoms with Gasteiger partial charge in [-0.2, -0.15) is 9.62 Å². The number of aromatic nitrogens is 4. The zero-order chi connectivity index (χ0) is 15.6. The minimum absolute atomic E-state index is 0.670. The van der Waals surface area contributed by atoms with Gasteiger partial charge in [0, 0.05) is 10.8 Å². The van der Waals surface area contributed by atoms with E-state index in [0.29, 0.717) is 5.82 Å². The highest BCUT2D eigenvalue weighted by Gasteiger charge is 2.09. The lowest BCUT2D eigenvalue weighted by Gasteiger charge is -2.07. The Bertz CT molecular complexity index is 1000. The van der Waals surface area contributed by atoms with E-state index < -0.39 is 0 Å². The third-order valence-corrected chi connectivity index (χ3v) is 3.68. The minimum Gasteiger partial charge on any atom is -0.259 e. The van der Waals surface area contributed by atoms with Crippen LogP contribution in [0, 0.1) is 0 Å². The van der Waals surface area contributed by atoms with Crippen LogP contribution in [0.4, 0.5) is 5.82 Å². The molecule has 0 unspecified atom stereocenters. The predicted molar refractivity (Wildman–Crippen MR) is 90.6 cm³/mol. The van der Waals surface area contributed by atoms with Gasteiger partial charge < -0.3 is 0 Å². The summed E-state index contributed by atoms with van der Waals surface area (Å²) in [6, 6.07) is 17.9. The van der Waals surface area contributed by atoms with Crippen LogP contribution in [0.5, 0.6) is 0 Å². The Balaban J connectivity index is 1.79. The number of rotatable bonds is 3. The Kier molecular flexibility index (Phi) is 3.20. The summed E-state index contributed by atoms with van der Waals surface area (Å²) in [5.41, 5.74) is 5.75. The van der Waals surface area contributed by atoms with Gasteiger partial charge in [-0.15, -0.1) is 15.3 Å². The number of nitrogens with zero attached hydrogens (tertiary/aromatic N) is 5. The summed E-state index contributed by atoms with van der Waals surface area (Å²) in [6.45, 7) is 1.96. The van der Waals surface area contributed by atoms with Crippen molar-refractivity contribution in [3.05, 3.63) is 66.5 Å². The van der Waals surface area contributed by atoms with Crippen LogP contribution in [0.25, 0.3) is 16.4 Å². The maximum atomic E-state index is 4.50. The fourth-order valence-electron chi connectivity index (χ4n) is 2.49. The number of hydrogen-bond acceptors (Lipinski definition) is 5. The SMILES string of the molecule is C/C(=N/Nc1nn2cnnc2c2ccccc12)c1ccccc1. The van der Waals surface area contributed by atoms with E-state index in [4.69, 9.17) is 0 Å². The van der Waals surface area contributed by atoms with Crippen LogP contribution in [-0.2, 0) is 0 Å². The van der Waals surface area contributed by atoms with Gasteiger partial charge in [0.15, 0.2) is 11.5 Å². The normalized spacial score (nSPS) is 12.0. The van der Waals surface area contributed by atoms with Crippen molar-refractivity contribution in [3.63, 3.8) is 0 Å². The number of nitrogens with one attached hydrogen (secondary N) is 1. The van der Waals surface area contributed by atoms with E-state index in [1.807, 2.05) is 61.5 Å². The molecule has 0 saturated heterocycles. The van der Waals surface area contributed by atoms with Crippen molar-refractivity contribution in [1.29, 1.82) is 0 Å². The van der Waals surface area contributed by atoms with Crippen molar-refractivity contribution in [3.8, 4) is 0 Å². The molecular weight excluding hydrogens is 288 g/mol. The first-order valence-electron chi connectivity index (χ1n) is 7.27. The molecule has 0 aliphatic carbocycles. The van der Waals surface area contributed by atoms with E-state index in [-0.39, 0.29) is 0 Å². The molecule has 4 rings (SSSR count). The van der Waals surface area contributed by atoms with E-state index in [1.165, 1.54) is 0 Å². The number of hydrazone groups is 1. The molecule has 6 heteroatoms. The van der Waals surface area contributed by atoms with E-state index >= 15 is 0 Å². The van der Waals surface area contributed by atoms with E-state index in [2.05, 4.69) is 25.8 Å². The first-order valence-corrected chi connectivity index (χ1v) is 7.27. The summed E-state index contributed by atoms with van der Waals surface area (Å²) in [5.74, 6) is 0.670. The average molecular weight is 302 g/mol. The molecule has 0 spiro atoms. The number of hydrogen-bond donors (Lipinski definition) is 1. The molecule has 0 radical (unpaired) electrons. The molecule has 0 aliphatic heterocycles. The molecule has 112 valence electrons. The maximum Gasteiger partial charge on any atom is 0.185 e. The first-order chi connectivity index (χ1) is 11.3. The Labute approximate surface area is 132 Å². The van der Waals surface area contributed by atoms with Gasteiger partial charge in [0.1, 0.15) is 6.33 Å². The van der Waals surface area contributed by atoms with Crippen molar-refractivity contribution < 1.29 is 0 Å². The van der Waals surface area contributed by atoms with Gasteiger partial charge in [0.05, 0.1) is 5.71 Å². The summed E-state index contributed by atoms with van der Waals surface area (Å²) in [5, 5.41) is 18.9. The molecule has 0 saturated carbocycles. The van der Waals surface area contributed by atoms with Gasteiger partial charge in [-0.25, -0.2) is 0 Å². The number of benzene rings is 2. The van der Waals surface area contributed by atoms with Crippen molar-refractivity contribution in [2.75, 3.05) is 5.43 Å². The molecule has 2 aromatic carbocycles. The van der Waals surface area contributed by atoms with E-state index in [1.54, 1.807) is 10.8 Å². The van der Waals surface area contributed by atoms with Crippen LogP contribution in [0.1, 0.15) is 12.5 Å². The van der Waals surface area contributed by atoms with Crippen LogP contribution in [0.15, 0.2) is 66.0 Å². The van der Waals surface area contributed by atoms with Gasteiger partial charge in [-0.3, -0.25) is 5.43 Å². The fourth-order valence-corrected chi connectivity index (χ4v) is 2.49. The fraction of sp³-hybridized carbons (Fsp3) is 0.0588. The number of anilines is 1. The second-order valence-electron chi connectivity index (χ2n) is 5.17. The third kappa shape index (κ3) is 2.40. The second kappa shape index (κ2) is 5.49. The Morgan fingerprint density at radius 1 is 1.00 bits per heavy atom. The van der Waals surface area contributed by atoms with E-state index in [9.17, 15) is 0 Å². The van der Waals surface area contributed by atoms with Gasteiger partial charge in [-0.1, -0.05) is 54.6 Å². The zero-order valence-corrected chi connectivity index (χ0v) is 12.5. The Morgan fingerprint density at radius 2 is 1.74 bits per heavy atom. The van der Waals surface area contributed by atoms with Crippen molar-refractivity contribution in [2.45, 2.75) is 6.92 Å². The molecule has 23 heavy (non-hydrogen) atoms. The first kappa shape index (κ1) is 13.4. The lowest BCUT2D eigenvalue weighted by Crippen LogP contribution is -2.03. The molecule has 1 N–H and O–H groups in total. The quantitative estimate of drug-likeness (QED) is 0.466. The topological polar surface area (TPSA) is 67.5 Å². The summed E-state index contributed by atoms with van der Waals surface area (Å²) >= 11 is 0. The highest BCUT2D eigenvalue weighted by molar-refractivity contribution is 6.01. The van der Waals surface area contributed by atoms with Crippen molar-refractivity contribution >= 4 is 27.9 Å². The molecule has 0 aliphatic rings. The molecule has 2 heterocycles. The maximum absolute atomic E-state index is 4.50. The summed E-state index contributed by atoms with van der Waals surface area (Å²) in [7, 11) is 0. The third-order valence-electron chi connectivity index (χ3n) is 3.68. The van der Waals surface area contributed by atoms with Gasteiger partial charge in [0.2, 0.25) is 0 Å². The molecule has 6 nitrogen and oxygen atoms in total. The second-order valence-corrected chi connectivity index (χ2v) is 5.17. The molecule has 0 bridgehead atoms. The smallest absolute Gasteiger partial charge is 0.185 e. The summed E-state index contributed by atoms with van der Waals surface area (Å²) < 4.78 is 1.65. The Hall–Kier alpha value is -3.28. The van der Waals surface area contributed by atoms with Gasteiger partial charge >= 0.3 is 0 Å². The lowest BCUT2D eigenvalue weighted by molar-refractivity contribution is 0.934. The predicted octanol–water partition coefficient (Wildman–Crippen LogP) is 3.11. The summed E-state index contributed by atoms with van der Waals surface area (Å²) in [6.07, 6.45) is 1.58. The molecule has 0 atom stereocenters. The standard InChI is InChI=1S/C17H14N6/c1-12(13-7-3-2-4-8-13)19-20-16-14-9-5-6-10-15(14)17-21-18-11-23(17)22-16/h2-11H,1H3,(H,20,22)/b19-12-. The number of fused-ring (bicyclic) bond motifs is 3. The Morgan fingerprint density at radius 3 is 2.57 bits per heavy atom. The highest BCUT2D eigenvalue weighted by Crippen LogP contribution is 2.23. The van der Waals surface area contributed by atoms with Crippen LogP contribution in [0.3, 0.4) is 0 Å². The summed E-state index contributed by atoms with van der Waals surface area (Å²) in [4.78, 5) is 0. The monoisotopic (exact) mass is 302 g/mol. The average Bonchev–Trinajstić information content (AvgIpc) is 3.09. The zero-order valence-electron chi connectivity index (χ0n) is 12.5. The van der Waals surface area contributed by atoms with Crippen molar-refractivity contribution in [2.24, 2.45) is 5.10 Å². The highest BCUT2D eigenvalue weighted by atomic mass is 15.4. The lowest BCUT2D eigenvalue weighted by atomic mass is 10.1. The van der Waals surface area contributed by atoms with Crippen LogP contribution in [-0.4, -0.2) is 25.5 Å². The van der Waals surface area contributed by atoms with Gasteiger partial charge in [0.25, 0.3) is 0 Å². The van der Waals surface area contributed by atoms with Crippen LogP contribution >= 0.6 is 0 Å². The van der Waals surface area contributed by atoms with Crippen LogP contribution in [0.2, 0.25) is 0 Å². The molecular formula is C17H14N6. The van der Waals surface area contributed by atoms with Crippen molar-refractivity contribution in [1.82, 2.24) is 19.8 Å². The molecule has 0 fully saturated rings. The molecule has 4 aromatic rings. The largest absolute Gasteiger partial charge is 0.259 e. The molecule has 2 aromatic heterocycles. The minimum atomic E-state index is 0.670. The van der Waals surface area contributed by atoms with E-state index in [0.717, 1.165) is 27.7 Å².